The van der Waals surface area contributed by atoms with E-state index in [-0.39, 0.29) is 0 Å². The normalized spacial score (nSPS) is 11.4. The van der Waals surface area contributed by atoms with Crippen LogP contribution in [-0.4, -0.2) is 37.6 Å². The maximum Gasteiger partial charge on any atom is 0.256 e. The zero-order valence-corrected chi connectivity index (χ0v) is 14.1. The predicted octanol–water partition coefficient (Wildman–Crippen LogP) is 0.711. The molecule has 0 amide bonds. The second kappa shape index (κ2) is 7.36. The highest BCUT2D eigenvalue weighted by Crippen LogP contribution is 1.86. The zero-order valence-electron chi connectivity index (χ0n) is 10.1. The molecule has 0 aliphatic heterocycles. The van der Waals surface area contributed by atoms with Gasteiger partial charge in [-0.25, -0.2) is 0 Å². The Balaban J connectivity index is 2.60. The maximum atomic E-state index is 5.76. The van der Waals surface area contributed by atoms with Crippen LogP contribution in [0.4, 0.5) is 0 Å². The maximum absolute atomic E-state index is 5.76. The molecular weight excluding hydrogens is 264 g/mol. The fourth-order valence-corrected chi connectivity index (χ4v) is 4.51. The van der Waals surface area contributed by atoms with Crippen molar-refractivity contribution in [1.82, 2.24) is 0 Å². The Bertz CT molecular complexity index is 286. The summed E-state index contributed by atoms with van der Waals surface area (Å²) in [4.78, 5) is 0. The summed E-state index contributed by atoms with van der Waals surface area (Å²) in [5.74, 6) is 0. The predicted molar refractivity (Wildman–Crippen MR) is 74.4 cm³/mol. The highest BCUT2D eigenvalue weighted by atomic mass is 28.4. The van der Waals surface area contributed by atoms with Gasteiger partial charge < -0.3 is 8.23 Å². The first kappa shape index (κ1) is 14.1. The third kappa shape index (κ3) is 5.37. The fraction of sp³-hybridized carbons (Fsp3) is 0.400. The minimum absolute atomic E-state index is 0.471. The standard InChI is InChI=1S/C10H16O2Si4/c1-15(2)11-13-9-7-5-6-8-10(9)14-12-16(3)4/h5-8H,1-4H3. The first-order valence-corrected chi connectivity index (χ1v) is 11.8. The first-order valence-electron chi connectivity index (χ1n) is 5.14. The lowest BCUT2D eigenvalue weighted by Crippen LogP contribution is -2.40. The summed E-state index contributed by atoms with van der Waals surface area (Å²) >= 11 is 0. The van der Waals surface area contributed by atoms with Crippen LogP contribution in [-0.2, 0) is 8.23 Å². The third-order valence-corrected chi connectivity index (χ3v) is 7.30. The van der Waals surface area contributed by atoms with Crippen LogP contribution in [0.25, 0.3) is 0 Å². The van der Waals surface area contributed by atoms with Crippen molar-refractivity contribution in [3.63, 3.8) is 0 Å². The number of rotatable bonds is 6. The van der Waals surface area contributed by atoms with Crippen LogP contribution in [0, 0.1) is 0 Å². The molecule has 0 atom stereocenters. The van der Waals surface area contributed by atoms with Crippen molar-refractivity contribution in [2.45, 2.75) is 26.2 Å². The van der Waals surface area contributed by atoms with E-state index in [4.69, 9.17) is 8.23 Å². The molecule has 0 spiro atoms. The average Bonchev–Trinajstić information content (AvgIpc) is 2.24. The SMILES string of the molecule is C[Si](C)O[Si]c1ccccc1[Si]O[Si](C)C. The van der Waals surface area contributed by atoms with Crippen LogP contribution < -0.4 is 10.4 Å². The molecule has 0 bridgehead atoms. The molecule has 2 nitrogen and oxygen atoms in total. The van der Waals surface area contributed by atoms with E-state index in [1.807, 2.05) is 0 Å². The van der Waals surface area contributed by atoms with Crippen LogP contribution in [0.15, 0.2) is 24.3 Å². The first-order chi connectivity index (χ1) is 7.59. The molecule has 0 N–H and O–H groups in total. The van der Waals surface area contributed by atoms with E-state index >= 15 is 0 Å². The molecule has 0 aliphatic carbocycles. The quantitative estimate of drug-likeness (QED) is 0.715. The Hall–Kier alpha value is 0.00753. The molecule has 1 rings (SSSR count). The Morgan fingerprint density at radius 3 is 1.50 bits per heavy atom. The fourth-order valence-electron chi connectivity index (χ4n) is 0.975. The minimum Gasteiger partial charge on any atom is -0.453 e. The van der Waals surface area contributed by atoms with Gasteiger partial charge in [-0.1, -0.05) is 24.3 Å². The Morgan fingerprint density at radius 1 is 0.812 bits per heavy atom. The monoisotopic (exact) mass is 280 g/mol. The molecule has 1 aromatic carbocycles. The smallest absolute Gasteiger partial charge is 0.256 e. The van der Waals surface area contributed by atoms with Gasteiger partial charge in [0.05, 0.1) is 0 Å². The molecule has 1 aromatic rings. The van der Waals surface area contributed by atoms with Gasteiger partial charge in [0.2, 0.25) is 0 Å². The lowest BCUT2D eigenvalue weighted by molar-refractivity contribution is 0.631. The number of hydrogen-bond acceptors (Lipinski definition) is 2. The van der Waals surface area contributed by atoms with Crippen molar-refractivity contribution in [1.29, 1.82) is 0 Å². The Labute approximate surface area is 107 Å². The molecule has 0 saturated heterocycles. The third-order valence-electron chi connectivity index (χ3n) is 1.66. The lowest BCUT2D eigenvalue weighted by Gasteiger charge is -2.10. The highest BCUT2D eigenvalue weighted by molar-refractivity contribution is 6.69. The number of hydrogen-bond donors (Lipinski definition) is 0. The van der Waals surface area contributed by atoms with Gasteiger partial charge in [-0.05, 0) is 36.6 Å². The van der Waals surface area contributed by atoms with Crippen molar-refractivity contribution in [3.05, 3.63) is 24.3 Å². The van der Waals surface area contributed by atoms with Gasteiger partial charge in [-0.15, -0.1) is 0 Å². The van der Waals surface area contributed by atoms with Gasteiger partial charge in [0.15, 0.2) is 18.1 Å². The largest absolute Gasteiger partial charge is 0.453 e. The van der Waals surface area contributed by atoms with Crippen molar-refractivity contribution in [2.24, 2.45) is 0 Å². The molecule has 84 valence electrons. The molecule has 16 heavy (non-hydrogen) atoms. The van der Waals surface area contributed by atoms with Gasteiger partial charge >= 0.3 is 0 Å². The molecule has 0 fully saturated rings. The van der Waals surface area contributed by atoms with Crippen molar-refractivity contribution in [2.75, 3.05) is 0 Å². The summed E-state index contributed by atoms with van der Waals surface area (Å²) in [5, 5.41) is 2.60. The van der Waals surface area contributed by atoms with E-state index < -0.39 is 18.1 Å². The van der Waals surface area contributed by atoms with Crippen LogP contribution >= 0.6 is 0 Å². The van der Waals surface area contributed by atoms with Crippen LogP contribution in [0.2, 0.25) is 26.2 Å². The zero-order chi connectivity index (χ0) is 12.0. The summed E-state index contributed by atoms with van der Waals surface area (Å²) in [6.07, 6.45) is 0. The van der Waals surface area contributed by atoms with Crippen LogP contribution in [0.1, 0.15) is 0 Å². The van der Waals surface area contributed by atoms with E-state index in [0.717, 1.165) is 0 Å². The summed E-state index contributed by atoms with van der Waals surface area (Å²) in [5.41, 5.74) is 0. The molecular formula is C10H16O2Si4. The van der Waals surface area contributed by atoms with Gasteiger partial charge in [0.1, 0.15) is 0 Å². The van der Waals surface area contributed by atoms with E-state index in [9.17, 15) is 0 Å². The Morgan fingerprint density at radius 2 is 1.19 bits per heavy atom. The van der Waals surface area contributed by atoms with Gasteiger partial charge in [-0.2, -0.15) is 0 Å². The summed E-state index contributed by atoms with van der Waals surface area (Å²) < 4.78 is 11.5. The van der Waals surface area contributed by atoms with Crippen molar-refractivity contribution >= 4 is 48.0 Å². The highest BCUT2D eigenvalue weighted by Gasteiger charge is 2.08. The summed E-state index contributed by atoms with van der Waals surface area (Å²) in [6, 6.07) is 8.43. The second-order valence-corrected chi connectivity index (χ2v) is 10.5. The van der Waals surface area contributed by atoms with Crippen LogP contribution in [0.5, 0.6) is 0 Å². The average molecular weight is 281 g/mol. The lowest BCUT2D eigenvalue weighted by atomic mass is 10.4. The molecule has 6 radical (unpaired) electrons. The van der Waals surface area contributed by atoms with E-state index in [1.54, 1.807) is 0 Å². The molecule has 6 heteroatoms. The molecule has 0 saturated carbocycles. The summed E-state index contributed by atoms with van der Waals surface area (Å²) in [6.45, 7) is 8.66. The van der Waals surface area contributed by atoms with Gasteiger partial charge in [0.25, 0.3) is 19.5 Å². The van der Waals surface area contributed by atoms with Crippen molar-refractivity contribution in [3.8, 4) is 0 Å². The molecule has 0 aromatic heterocycles. The number of benzene rings is 1. The van der Waals surface area contributed by atoms with Crippen molar-refractivity contribution < 1.29 is 8.23 Å². The van der Waals surface area contributed by atoms with Gasteiger partial charge in [-0.3, -0.25) is 0 Å². The molecule has 0 heterocycles. The second-order valence-electron chi connectivity index (χ2n) is 3.77. The topological polar surface area (TPSA) is 18.5 Å². The van der Waals surface area contributed by atoms with E-state index in [2.05, 4.69) is 50.5 Å². The van der Waals surface area contributed by atoms with Crippen LogP contribution in [0.3, 0.4) is 0 Å². The van der Waals surface area contributed by atoms with E-state index in [0.29, 0.717) is 19.5 Å². The molecule has 0 unspecified atom stereocenters. The minimum atomic E-state index is -0.598. The van der Waals surface area contributed by atoms with Gasteiger partial charge in [0, 0.05) is 0 Å². The Kier molecular flexibility index (Phi) is 6.47. The van der Waals surface area contributed by atoms with E-state index in [1.165, 1.54) is 10.4 Å². The molecule has 0 aliphatic rings. The summed E-state index contributed by atoms with van der Waals surface area (Å²) in [7, 11) is -0.256.